The highest BCUT2D eigenvalue weighted by atomic mass is 32.2. The second kappa shape index (κ2) is 10.7. The molecule has 38 heavy (non-hydrogen) atoms. The molecule has 2 aliphatic rings. The summed E-state index contributed by atoms with van der Waals surface area (Å²) in [6.45, 7) is 8.60. The van der Waals surface area contributed by atoms with Gasteiger partial charge in [0.1, 0.15) is 11.6 Å². The van der Waals surface area contributed by atoms with Crippen molar-refractivity contribution >= 4 is 49.3 Å². The summed E-state index contributed by atoms with van der Waals surface area (Å²) in [7, 11) is -2.47. The lowest BCUT2D eigenvalue weighted by Crippen LogP contribution is -2.50. The Bertz CT molecular complexity index is 1450. The Kier molecular flexibility index (Phi) is 7.54. The first-order chi connectivity index (χ1) is 18.2. The maximum absolute atomic E-state index is 13.3. The van der Waals surface area contributed by atoms with E-state index in [0.717, 1.165) is 58.8 Å². The number of hydrogen-bond donors (Lipinski definition) is 2. The number of carbonyl (C=O) groups is 1. The average molecular weight is 560 g/mol. The van der Waals surface area contributed by atoms with Gasteiger partial charge >= 0.3 is 6.09 Å². The van der Waals surface area contributed by atoms with Gasteiger partial charge in [0.25, 0.3) is 10.0 Å². The first-order valence-electron chi connectivity index (χ1n) is 12.7. The lowest BCUT2D eigenvalue weighted by atomic mass is 10.1. The van der Waals surface area contributed by atoms with Gasteiger partial charge in [0.2, 0.25) is 0 Å². The SMILES string of the molecule is COC(=O)Nc1nc(C)c(S(=O)(=O)N2CCN(C[C@H](C)Nc3nc(C4CC4)nc4c(C)cccc34)CC2)s1. The van der Waals surface area contributed by atoms with Crippen LogP contribution in [0.15, 0.2) is 22.4 Å². The van der Waals surface area contributed by atoms with Gasteiger partial charge < -0.3 is 10.1 Å². The third-order valence-electron chi connectivity index (χ3n) is 6.86. The van der Waals surface area contributed by atoms with Crippen LogP contribution in [0.1, 0.15) is 42.8 Å². The number of sulfonamides is 1. The Balaban J connectivity index is 1.22. The molecule has 2 fully saturated rings. The zero-order valence-corrected chi connectivity index (χ0v) is 23.7. The van der Waals surface area contributed by atoms with Gasteiger partial charge in [0.15, 0.2) is 9.34 Å². The fourth-order valence-corrected chi connectivity index (χ4v) is 7.65. The number of carbonyl (C=O) groups excluding carboxylic acids is 1. The molecule has 0 bridgehead atoms. The Morgan fingerprint density at radius 1 is 1.16 bits per heavy atom. The molecule has 11 nitrogen and oxygen atoms in total. The van der Waals surface area contributed by atoms with E-state index in [1.54, 1.807) is 6.92 Å². The number of rotatable bonds is 8. The molecule has 1 atom stereocenters. The van der Waals surface area contributed by atoms with Crippen LogP contribution in [0.4, 0.5) is 15.7 Å². The molecule has 1 aromatic carbocycles. The molecule has 2 N–H and O–H groups in total. The fourth-order valence-electron chi connectivity index (χ4n) is 4.70. The monoisotopic (exact) mass is 559 g/mol. The van der Waals surface area contributed by atoms with E-state index >= 15 is 0 Å². The topological polar surface area (TPSA) is 130 Å². The van der Waals surface area contributed by atoms with Crippen LogP contribution in [0.25, 0.3) is 10.9 Å². The van der Waals surface area contributed by atoms with Crippen molar-refractivity contribution < 1.29 is 17.9 Å². The van der Waals surface area contributed by atoms with Crippen LogP contribution in [-0.4, -0.2) is 84.5 Å². The molecule has 1 saturated carbocycles. The van der Waals surface area contributed by atoms with Crippen molar-refractivity contribution in [1.29, 1.82) is 0 Å². The van der Waals surface area contributed by atoms with Gasteiger partial charge in [-0.05, 0) is 45.2 Å². The molecule has 3 heterocycles. The molecule has 0 unspecified atom stereocenters. The number of thiazole rings is 1. The molecule has 13 heteroatoms. The smallest absolute Gasteiger partial charge is 0.413 e. The second-order valence-corrected chi connectivity index (χ2v) is 13.1. The highest BCUT2D eigenvalue weighted by Gasteiger charge is 2.33. The molecule has 2 aromatic heterocycles. The third-order valence-corrected chi connectivity index (χ3v) is 10.4. The molecule has 204 valence electrons. The van der Waals surface area contributed by atoms with Gasteiger partial charge in [-0.2, -0.15) is 4.31 Å². The number of para-hydroxylation sites is 1. The summed E-state index contributed by atoms with van der Waals surface area (Å²) in [6.07, 6.45) is 1.60. The van der Waals surface area contributed by atoms with Crippen molar-refractivity contribution in [3.8, 4) is 0 Å². The number of nitrogens with one attached hydrogen (secondary N) is 2. The normalized spacial score (nSPS) is 17.9. The lowest BCUT2D eigenvalue weighted by molar-refractivity contribution is 0.184. The standard InChI is InChI=1S/C25H33N7O4S2/c1-15-6-5-7-19-20(15)28-21(18-8-9-18)29-22(19)26-16(2)14-31-10-12-32(13-11-31)38(34,35)23-17(3)27-24(37-23)30-25(33)36-4/h5-7,16,18H,8-14H2,1-4H3,(H,26,28,29)(H,27,30,33)/t16-/m0/s1. The quantitative estimate of drug-likeness (QED) is 0.425. The molecule has 3 aromatic rings. The summed E-state index contributed by atoms with van der Waals surface area (Å²) in [6, 6.07) is 6.29. The molecule has 1 aliphatic carbocycles. The van der Waals surface area contributed by atoms with Crippen LogP contribution in [0.2, 0.25) is 0 Å². The summed E-state index contributed by atoms with van der Waals surface area (Å²) in [5, 5.41) is 7.27. The molecule has 1 aliphatic heterocycles. The average Bonchev–Trinajstić information content (AvgIpc) is 3.67. The number of piperazine rings is 1. The molecule has 1 saturated heterocycles. The van der Waals surface area contributed by atoms with E-state index < -0.39 is 16.1 Å². The van der Waals surface area contributed by atoms with Crippen LogP contribution in [-0.2, 0) is 14.8 Å². The predicted molar refractivity (Wildman–Crippen MR) is 147 cm³/mol. The van der Waals surface area contributed by atoms with Crippen LogP contribution in [0.3, 0.4) is 0 Å². The number of anilines is 2. The number of hydrogen-bond acceptors (Lipinski definition) is 10. The maximum Gasteiger partial charge on any atom is 0.413 e. The van der Waals surface area contributed by atoms with Gasteiger partial charge in [0, 0.05) is 50.1 Å². The Morgan fingerprint density at radius 3 is 2.58 bits per heavy atom. The summed E-state index contributed by atoms with van der Waals surface area (Å²) in [5.41, 5.74) is 2.50. The van der Waals surface area contributed by atoms with Gasteiger partial charge in [-0.1, -0.05) is 23.5 Å². The van der Waals surface area contributed by atoms with Gasteiger partial charge in [-0.15, -0.1) is 0 Å². The minimum Gasteiger partial charge on any atom is -0.453 e. The van der Waals surface area contributed by atoms with E-state index in [2.05, 4.69) is 51.2 Å². The predicted octanol–water partition coefficient (Wildman–Crippen LogP) is 3.57. The van der Waals surface area contributed by atoms with Crippen LogP contribution < -0.4 is 10.6 Å². The number of methoxy groups -OCH3 is 1. The van der Waals surface area contributed by atoms with Crippen LogP contribution in [0, 0.1) is 13.8 Å². The van der Waals surface area contributed by atoms with Gasteiger partial charge in [0.05, 0.1) is 18.3 Å². The highest BCUT2D eigenvalue weighted by molar-refractivity contribution is 7.91. The maximum atomic E-state index is 13.3. The first-order valence-corrected chi connectivity index (χ1v) is 15.0. The summed E-state index contributed by atoms with van der Waals surface area (Å²) in [4.78, 5) is 27.6. The van der Waals surface area contributed by atoms with Crippen molar-refractivity contribution in [2.24, 2.45) is 0 Å². The van der Waals surface area contributed by atoms with Crippen molar-refractivity contribution in [2.45, 2.75) is 49.8 Å². The second-order valence-electron chi connectivity index (χ2n) is 9.93. The van der Waals surface area contributed by atoms with E-state index in [9.17, 15) is 13.2 Å². The van der Waals surface area contributed by atoms with Crippen molar-refractivity contribution in [1.82, 2.24) is 24.2 Å². The summed E-state index contributed by atoms with van der Waals surface area (Å²) in [5.74, 6) is 2.24. The Labute approximate surface area is 226 Å². The largest absolute Gasteiger partial charge is 0.453 e. The molecule has 5 rings (SSSR count). The van der Waals surface area contributed by atoms with Crippen LogP contribution in [0.5, 0.6) is 0 Å². The van der Waals surface area contributed by atoms with Gasteiger partial charge in [-0.3, -0.25) is 10.2 Å². The van der Waals surface area contributed by atoms with Crippen molar-refractivity contribution in [3.05, 3.63) is 35.3 Å². The number of benzene rings is 1. The van der Waals surface area contributed by atoms with Crippen LogP contribution >= 0.6 is 11.3 Å². The van der Waals surface area contributed by atoms with E-state index in [1.165, 1.54) is 11.4 Å². The summed E-state index contributed by atoms with van der Waals surface area (Å²) < 4.78 is 32.8. The molecular formula is C25H33N7O4S2. The number of fused-ring (bicyclic) bond motifs is 1. The minimum absolute atomic E-state index is 0.111. The molecule has 1 amide bonds. The van der Waals surface area contributed by atoms with E-state index in [-0.39, 0.29) is 15.4 Å². The third kappa shape index (κ3) is 5.60. The van der Waals surface area contributed by atoms with Gasteiger partial charge in [-0.25, -0.2) is 28.2 Å². The van der Waals surface area contributed by atoms with E-state index in [1.807, 2.05) is 6.07 Å². The Morgan fingerprint density at radius 2 is 1.89 bits per heavy atom. The zero-order chi connectivity index (χ0) is 27.0. The number of nitrogens with zero attached hydrogens (tertiary/aromatic N) is 5. The Hall–Kier alpha value is -2.87. The number of aryl methyl sites for hydroxylation is 2. The van der Waals surface area contributed by atoms with Crippen molar-refractivity contribution in [3.63, 3.8) is 0 Å². The molecule has 0 radical (unpaired) electrons. The lowest BCUT2D eigenvalue weighted by Gasteiger charge is -2.35. The molecular weight excluding hydrogens is 526 g/mol. The van der Waals surface area contributed by atoms with E-state index in [4.69, 9.17) is 9.97 Å². The number of aromatic nitrogens is 3. The molecule has 0 spiro atoms. The number of amides is 1. The number of ether oxygens (including phenoxy) is 1. The van der Waals surface area contributed by atoms with E-state index in [0.29, 0.717) is 37.8 Å². The minimum atomic E-state index is -3.71. The highest BCUT2D eigenvalue weighted by Crippen LogP contribution is 2.39. The fraction of sp³-hybridized carbons (Fsp3) is 0.520. The zero-order valence-electron chi connectivity index (χ0n) is 22.0. The first kappa shape index (κ1) is 26.7. The summed E-state index contributed by atoms with van der Waals surface area (Å²) >= 11 is 0.937. The van der Waals surface area contributed by atoms with Crippen molar-refractivity contribution in [2.75, 3.05) is 50.5 Å².